The molecule has 0 radical (unpaired) electrons. The van der Waals surface area contributed by atoms with Gasteiger partial charge in [-0.05, 0) is 13.0 Å². The zero-order valence-corrected chi connectivity index (χ0v) is 6.30. The lowest BCUT2D eigenvalue weighted by molar-refractivity contribution is -0.677. The largest absolute Gasteiger partial charge is 0.330 e. The molecule has 1 aromatic rings. The summed E-state index contributed by atoms with van der Waals surface area (Å²) in [7, 11) is 2.03. The van der Waals surface area contributed by atoms with E-state index in [1.165, 1.54) is 5.82 Å². The molecule has 3 nitrogen and oxygen atoms in total. The Morgan fingerprint density at radius 2 is 2.50 bits per heavy atom. The maximum Gasteiger partial charge on any atom is 0.254 e. The molecule has 0 aromatic carbocycles. The van der Waals surface area contributed by atoms with Gasteiger partial charge in [-0.2, -0.15) is 0 Å². The second kappa shape index (κ2) is 3.37. The summed E-state index contributed by atoms with van der Waals surface area (Å²) in [6.45, 7) is 0.763. The average Bonchev–Trinajstić information content (AvgIpc) is 2.31. The highest BCUT2D eigenvalue weighted by Crippen LogP contribution is 1.89. The van der Waals surface area contributed by atoms with E-state index in [1.807, 2.05) is 19.4 Å². The number of nitrogens with two attached hydrogens (primary N) is 1. The minimum atomic E-state index is 0.763. The summed E-state index contributed by atoms with van der Waals surface area (Å²) in [5.74, 6) is 1.24. The number of imidazole rings is 1. The molecule has 1 rings (SSSR count). The molecule has 3 heteroatoms. The molecule has 0 saturated carbocycles. The van der Waals surface area contributed by atoms with E-state index in [4.69, 9.17) is 5.73 Å². The summed E-state index contributed by atoms with van der Waals surface area (Å²) >= 11 is 0. The third-order valence-corrected chi connectivity index (χ3v) is 1.59. The van der Waals surface area contributed by atoms with Crippen LogP contribution in [-0.2, 0) is 13.5 Å². The Balaban J connectivity index is 2.49. The van der Waals surface area contributed by atoms with Crippen LogP contribution >= 0.6 is 0 Å². The highest BCUT2D eigenvalue weighted by atomic mass is 15.0. The number of nitrogens with zero attached hydrogens (tertiary/aromatic N) is 1. The molecule has 0 aliphatic heterocycles. The molecule has 0 aliphatic rings. The molecule has 0 atom stereocenters. The van der Waals surface area contributed by atoms with Crippen molar-refractivity contribution in [1.29, 1.82) is 0 Å². The Kier molecular flexibility index (Phi) is 2.45. The number of nitrogens with one attached hydrogen (secondary N) is 1. The van der Waals surface area contributed by atoms with Gasteiger partial charge in [-0.3, -0.25) is 0 Å². The monoisotopic (exact) mass is 140 g/mol. The van der Waals surface area contributed by atoms with Crippen LogP contribution in [0.2, 0.25) is 0 Å². The summed E-state index contributed by atoms with van der Waals surface area (Å²) in [4.78, 5) is 3.15. The maximum atomic E-state index is 5.37. The zero-order valence-electron chi connectivity index (χ0n) is 6.30. The minimum absolute atomic E-state index is 0.763. The average molecular weight is 140 g/mol. The van der Waals surface area contributed by atoms with E-state index in [2.05, 4.69) is 9.55 Å². The SMILES string of the molecule is C[n+]1cc[nH]c1CCCN. The highest BCUT2D eigenvalue weighted by Gasteiger charge is 2.03. The Labute approximate surface area is 60.9 Å². The van der Waals surface area contributed by atoms with Crippen LogP contribution in [-0.4, -0.2) is 11.5 Å². The maximum absolute atomic E-state index is 5.37. The van der Waals surface area contributed by atoms with Gasteiger partial charge < -0.3 is 5.73 Å². The van der Waals surface area contributed by atoms with Crippen molar-refractivity contribution >= 4 is 0 Å². The zero-order chi connectivity index (χ0) is 7.40. The van der Waals surface area contributed by atoms with E-state index in [-0.39, 0.29) is 0 Å². The van der Waals surface area contributed by atoms with E-state index in [1.54, 1.807) is 0 Å². The molecule has 3 N–H and O–H groups in total. The molecule has 0 amide bonds. The lowest BCUT2D eigenvalue weighted by Crippen LogP contribution is -2.30. The summed E-state index contributed by atoms with van der Waals surface area (Å²) in [5, 5.41) is 0. The second-order valence-electron chi connectivity index (χ2n) is 2.41. The quantitative estimate of drug-likeness (QED) is 0.558. The molecular weight excluding hydrogens is 126 g/mol. The normalized spacial score (nSPS) is 10.2. The molecule has 0 unspecified atom stereocenters. The first-order chi connectivity index (χ1) is 4.84. The van der Waals surface area contributed by atoms with Gasteiger partial charge >= 0.3 is 0 Å². The highest BCUT2D eigenvalue weighted by molar-refractivity contribution is 4.76. The third kappa shape index (κ3) is 1.57. The van der Waals surface area contributed by atoms with E-state index in [0.29, 0.717) is 0 Å². The van der Waals surface area contributed by atoms with Gasteiger partial charge in [-0.1, -0.05) is 0 Å². The molecule has 0 saturated heterocycles. The first kappa shape index (κ1) is 7.28. The molecule has 0 spiro atoms. The Hall–Kier alpha value is -0.830. The van der Waals surface area contributed by atoms with E-state index < -0.39 is 0 Å². The number of aryl methyl sites for hydroxylation is 2. The van der Waals surface area contributed by atoms with Crippen molar-refractivity contribution in [2.24, 2.45) is 12.8 Å². The fourth-order valence-electron chi connectivity index (χ4n) is 0.955. The van der Waals surface area contributed by atoms with Crippen molar-refractivity contribution in [1.82, 2.24) is 4.98 Å². The van der Waals surface area contributed by atoms with Crippen LogP contribution in [0.4, 0.5) is 0 Å². The topological polar surface area (TPSA) is 45.7 Å². The molecule has 1 aromatic heterocycles. The predicted octanol–water partition coefficient (Wildman–Crippen LogP) is -0.269. The van der Waals surface area contributed by atoms with Crippen LogP contribution in [0.3, 0.4) is 0 Å². The number of aromatic amines is 1. The van der Waals surface area contributed by atoms with Crippen LogP contribution in [0.5, 0.6) is 0 Å². The van der Waals surface area contributed by atoms with Crippen LogP contribution < -0.4 is 10.3 Å². The second-order valence-corrected chi connectivity index (χ2v) is 2.41. The van der Waals surface area contributed by atoms with Gasteiger partial charge in [0.1, 0.15) is 12.4 Å². The van der Waals surface area contributed by atoms with Gasteiger partial charge in [-0.25, -0.2) is 9.55 Å². The van der Waals surface area contributed by atoms with Crippen molar-refractivity contribution in [3.8, 4) is 0 Å². The lowest BCUT2D eigenvalue weighted by Gasteiger charge is -1.91. The first-order valence-electron chi connectivity index (χ1n) is 3.56. The van der Waals surface area contributed by atoms with Crippen molar-refractivity contribution in [2.45, 2.75) is 12.8 Å². The Morgan fingerprint density at radius 1 is 1.70 bits per heavy atom. The lowest BCUT2D eigenvalue weighted by atomic mass is 10.3. The third-order valence-electron chi connectivity index (χ3n) is 1.59. The van der Waals surface area contributed by atoms with Gasteiger partial charge in [0, 0.05) is 0 Å². The van der Waals surface area contributed by atoms with Crippen molar-refractivity contribution in [2.75, 3.05) is 6.54 Å². The van der Waals surface area contributed by atoms with E-state index in [9.17, 15) is 0 Å². The summed E-state index contributed by atoms with van der Waals surface area (Å²) in [6, 6.07) is 0. The Morgan fingerprint density at radius 3 is 3.00 bits per heavy atom. The minimum Gasteiger partial charge on any atom is -0.330 e. The van der Waals surface area contributed by atoms with Crippen molar-refractivity contribution in [3.05, 3.63) is 18.2 Å². The van der Waals surface area contributed by atoms with Crippen molar-refractivity contribution < 1.29 is 4.57 Å². The molecule has 56 valence electrons. The number of hydrogen-bond donors (Lipinski definition) is 2. The molecule has 10 heavy (non-hydrogen) atoms. The molecule has 0 fully saturated rings. The Bertz CT molecular complexity index is 192. The molecular formula is C7H14N3+. The molecule has 1 heterocycles. The predicted molar refractivity (Wildman–Crippen MR) is 39.3 cm³/mol. The number of aromatic nitrogens is 2. The van der Waals surface area contributed by atoms with Gasteiger partial charge in [0.05, 0.1) is 13.5 Å². The fraction of sp³-hybridized carbons (Fsp3) is 0.571. The van der Waals surface area contributed by atoms with E-state index in [0.717, 1.165) is 19.4 Å². The summed E-state index contributed by atoms with van der Waals surface area (Å²) < 4.78 is 2.08. The number of H-pyrrole nitrogens is 1. The molecule has 0 aliphatic carbocycles. The van der Waals surface area contributed by atoms with Crippen LogP contribution in [0, 0.1) is 0 Å². The van der Waals surface area contributed by atoms with Crippen molar-refractivity contribution in [3.63, 3.8) is 0 Å². The summed E-state index contributed by atoms with van der Waals surface area (Å²) in [5.41, 5.74) is 5.37. The molecule has 0 bridgehead atoms. The van der Waals surface area contributed by atoms with Crippen LogP contribution in [0.25, 0.3) is 0 Å². The van der Waals surface area contributed by atoms with Gasteiger partial charge in [0.15, 0.2) is 0 Å². The van der Waals surface area contributed by atoms with Gasteiger partial charge in [-0.15, -0.1) is 0 Å². The first-order valence-corrected chi connectivity index (χ1v) is 3.56. The van der Waals surface area contributed by atoms with Crippen LogP contribution in [0.1, 0.15) is 12.2 Å². The van der Waals surface area contributed by atoms with Crippen LogP contribution in [0.15, 0.2) is 12.4 Å². The number of rotatable bonds is 3. The fourth-order valence-corrected chi connectivity index (χ4v) is 0.955. The summed E-state index contributed by atoms with van der Waals surface area (Å²) in [6.07, 6.45) is 6.03. The standard InChI is InChI=1S/C7H13N3/c1-10-6-5-9-7(10)3-2-4-8/h5-6H,2-4,8H2,1H3/p+1. The number of hydrogen-bond acceptors (Lipinski definition) is 1. The van der Waals surface area contributed by atoms with Gasteiger partial charge in [0.2, 0.25) is 0 Å². The van der Waals surface area contributed by atoms with Gasteiger partial charge in [0.25, 0.3) is 5.82 Å². The van der Waals surface area contributed by atoms with E-state index >= 15 is 0 Å². The smallest absolute Gasteiger partial charge is 0.254 e.